The van der Waals surface area contributed by atoms with Crippen molar-refractivity contribution >= 4 is 29.4 Å². The molecule has 0 unspecified atom stereocenters. The smallest absolute Gasteiger partial charge is 0.322 e. The number of nitrogens with zero attached hydrogens (tertiary/aromatic N) is 2. The SMILES string of the molecule is CC[C@@]1(C)NC(=O)N(NC(=O)c2ccc(N3CCCC3=O)cc2)C1=O. The van der Waals surface area contributed by atoms with Gasteiger partial charge in [0.2, 0.25) is 5.91 Å². The average Bonchev–Trinajstić information content (AvgIpc) is 3.12. The number of urea groups is 1. The second kappa shape index (κ2) is 6.19. The molecule has 1 aromatic rings. The van der Waals surface area contributed by atoms with Gasteiger partial charge in [0, 0.05) is 24.2 Å². The predicted molar refractivity (Wildman–Crippen MR) is 89.6 cm³/mol. The molecule has 0 spiro atoms. The summed E-state index contributed by atoms with van der Waals surface area (Å²) < 4.78 is 0. The maximum Gasteiger partial charge on any atom is 0.344 e. The molecule has 2 aliphatic rings. The molecule has 8 nitrogen and oxygen atoms in total. The first-order valence-electron chi connectivity index (χ1n) is 8.24. The molecule has 2 N–H and O–H groups in total. The highest BCUT2D eigenvalue weighted by molar-refractivity contribution is 6.09. The van der Waals surface area contributed by atoms with Gasteiger partial charge in [0.1, 0.15) is 5.54 Å². The van der Waals surface area contributed by atoms with Crippen molar-refractivity contribution in [2.24, 2.45) is 0 Å². The normalized spacial score (nSPS) is 23.2. The minimum atomic E-state index is -1.01. The Bertz CT molecular complexity index is 746. The molecule has 0 saturated carbocycles. The average molecular weight is 344 g/mol. The van der Waals surface area contributed by atoms with Crippen LogP contribution in [0.2, 0.25) is 0 Å². The molecule has 0 aliphatic carbocycles. The minimum absolute atomic E-state index is 0.0652. The van der Waals surface area contributed by atoms with Gasteiger partial charge >= 0.3 is 6.03 Å². The van der Waals surface area contributed by atoms with Gasteiger partial charge in [-0.05, 0) is 44.0 Å². The second-order valence-electron chi connectivity index (χ2n) is 6.39. The molecule has 8 heteroatoms. The van der Waals surface area contributed by atoms with Crippen molar-refractivity contribution in [2.75, 3.05) is 11.4 Å². The van der Waals surface area contributed by atoms with E-state index in [0.29, 0.717) is 30.0 Å². The fraction of sp³-hybridized carbons (Fsp3) is 0.412. The highest BCUT2D eigenvalue weighted by Gasteiger charge is 2.47. The number of nitrogens with one attached hydrogen (secondary N) is 2. The van der Waals surface area contributed by atoms with Crippen molar-refractivity contribution in [1.82, 2.24) is 15.8 Å². The van der Waals surface area contributed by atoms with Gasteiger partial charge in [-0.2, -0.15) is 5.01 Å². The van der Waals surface area contributed by atoms with Crippen LogP contribution in [0.25, 0.3) is 0 Å². The van der Waals surface area contributed by atoms with Crippen LogP contribution >= 0.6 is 0 Å². The fourth-order valence-corrected chi connectivity index (χ4v) is 2.91. The number of carbonyl (C=O) groups excluding carboxylic acids is 4. The molecule has 5 amide bonds. The first kappa shape index (κ1) is 16.9. The van der Waals surface area contributed by atoms with Crippen LogP contribution in [0, 0.1) is 0 Å². The van der Waals surface area contributed by atoms with Crippen LogP contribution < -0.4 is 15.6 Å². The van der Waals surface area contributed by atoms with E-state index in [2.05, 4.69) is 10.7 Å². The Morgan fingerprint density at radius 1 is 1.24 bits per heavy atom. The molecule has 25 heavy (non-hydrogen) atoms. The molecule has 1 aromatic carbocycles. The minimum Gasteiger partial charge on any atom is -0.322 e. The third kappa shape index (κ3) is 2.95. The summed E-state index contributed by atoms with van der Waals surface area (Å²) in [6, 6.07) is 5.84. The molecule has 0 radical (unpaired) electrons. The maximum absolute atomic E-state index is 12.3. The molecule has 2 aliphatic heterocycles. The zero-order valence-corrected chi connectivity index (χ0v) is 14.2. The lowest BCUT2D eigenvalue weighted by Gasteiger charge is -2.19. The van der Waals surface area contributed by atoms with Crippen LogP contribution in [0.1, 0.15) is 43.5 Å². The Morgan fingerprint density at radius 2 is 1.92 bits per heavy atom. The van der Waals surface area contributed by atoms with Gasteiger partial charge in [-0.25, -0.2) is 4.79 Å². The lowest BCUT2D eigenvalue weighted by molar-refractivity contribution is -0.132. The number of imide groups is 1. The second-order valence-corrected chi connectivity index (χ2v) is 6.39. The van der Waals surface area contributed by atoms with E-state index in [1.165, 1.54) is 0 Å². The van der Waals surface area contributed by atoms with Gasteiger partial charge in [-0.3, -0.25) is 19.8 Å². The van der Waals surface area contributed by atoms with Crippen LogP contribution in [0.15, 0.2) is 24.3 Å². The van der Waals surface area contributed by atoms with Crippen molar-refractivity contribution in [3.8, 4) is 0 Å². The summed E-state index contributed by atoms with van der Waals surface area (Å²) in [7, 11) is 0. The largest absolute Gasteiger partial charge is 0.344 e. The maximum atomic E-state index is 12.3. The highest BCUT2D eigenvalue weighted by Crippen LogP contribution is 2.22. The van der Waals surface area contributed by atoms with E-state index in [1.54, 1.807) is 43.0 Å². The zero-order valence-electron chi connectivity index (χ0n) is 14.2. The molecule has 3 rings (SSSR count). The topological polar surface area (TPSA) is 98.8 Å². The Labute approximate surface area is 145 Å². The van der Waals surface area contributed by atoms with Crippen LogP contribution in [0.5, 0.6) is 0 Å². The molecule has 2 heterocycles. The third-order valence-electron chi connectivity index (χ3n) is 4.70. The Morgan fingerprint density at radius 3 is 2.44 bits per heavy atom. The Hall–Kier alpha value is -2.90. The van der Waals surface area contributed by atoms with Crippen LogP contribution in [-0.4, -0.2) is 40.8 Å². The lowest BCUT2D eigenvalue weighted by Crippen LogP contribution is -2.48. The molecule has 2 saturated heterocycles. The van der Waals surface area contributed by atoms with E-state index in [4.69, 9.17) is 0 Å². The number of carbonyl (C=O) groups is 4. The van der Waals surface area contributed by atoms with E-state index in [0.717, 1.165) is 12.1 Å². The summed E-state index contributed by atoms with van der Waals surface area (Å²) in [5.74, 6) is -0.994. The van der Waals surface area contributed by atoms with Crippen molar-refractivity contribution in [3.63, 3.8) is 0 Å². The monoisotopic (exact) mass is 344 g/mol. The fourth-order valence-electron chi connectivity index (χ4n) is 2.91. The quantitative estimate of drug-likeness (QED) is 0.801. The van der Waals surface area contributed by atoms with Gasteiger partial charge in [0.25, 0.3) is 11.8 Å². The number of hydrazine groups is 1. The zero-order chi connectivity index (χ0) is 18.2. The first-order chi connectivity index (χ1) is 11.9. The van der Waals surface area contributed by atoms with Crippen molar-refractivity contribution in [2.45, 2.75) is 38.6 Å². The van der Waals surface area contributed by atoms with Gasteiger partial charge < -0.3 is 10.2 Å². The highest BCUT2D eigenvalue weighted by atomic mass is 16.2. The number of hydrogen-bond donors (Lipinski definition) is 2. The number of amides is 5. The van der Waals surface area contributed by atoms with Crippen molar-refractivity contribution in [3.05, 3.63) is 29.8 Å². The van der Waals surface area contributed by atoms with Crippen molar-refractivity contribution in [1.29, 1.82) is 0 Å². The number of benzene rings is 1. The Kier molecular flexibility index (Phi) is 4.20. The lowest BCUT2D eigenvalue weighted by atomic mass is 10.00. The van der Waals surface area contributed by atoms with E-state index in [9.17, 15) is 19.2 Å². The number of rotatable bonds is 4. The van der Waals surface area contributed by atoms with E-state index in [1.807, 2.05) is 0 Å². The molecule has 2 fully saturated rings. The van der Waals surface area contributed by atoms with Crippen LogP contribution in [-0.2, 0) is 9.59 Å². The van der Waals surface area contributed by atoms with E-state index < -0.39 is 23.4 Å². The third-order valence-corrected chi connectivity index (χ3v) is 4.70. The molecule has 0 aromatic heterocycles. The summed E-state index contributed by atoms with van der Waals surface area (Å²) in [4.78, 5) is 49.9. The molecular weight excluding hydrogens is 324 g/mol. The van der Waals surface area contributed by atoms with E-state index >= 15 is 0 Å². The first-order valence-corrected chi connectivity index (χ1v) is 8.24. The summed E-state index contributed by atoms with van der Waals surface area (Å²) in [5.41, 5.74) is 2.35. The summed E-state index contributed by atoms with van der Waals surface area (Å²) in [5, 5.41) is 3.28. The molecule has 132 valence electrons. The van der Waals surface area contributed by atoms with Gasteiger partial charge in [0.05, 0.1) is 0 Å². The molecule has 1 atom stereocenters. The number of hydrogen-bond acceptors (Lipinski definition) is 4. The predicted octanol–water partition coefficient (Wildman–Crippen LogP) is 1.18. The van der Waals surface area contributed by atoms with Gasteiger partial charge in [-0.15, -0.1) is 0 Å². The van der Waals surface area contributed by atoms with Gasteiger partial charge in [0.15, 0.2) is 0 Å². The van der Waals surface area contributed by atoms with Crippen LogP contribution in [0.3, 0.4) is 0 Å². The molecular formula is C17H20N4O4. The summed E-state index contributed by atoms with van der Waals surface area (Å²) in [6.45, 7) is 4.06. The summed E-state index contributed by atoms with van der Waals surface area (Å²) >= 11 is 0. The van der Waals surface area contributed by atoms with Crippen molar-refractivity contribution < 1.29 is 19.2 Å². The standard InChI is InChI=1S/C17H20N4O4/c1-3-17(2)15(24)21(16(25)18-17)19-14(23)11-6-8-12(9-7-11)20-10-4-5-13(20)22/h6-9H,3-5,10H2,1-2H3,(H,18,25)(H,19,23)/t17-/m1/s1. The number of anilines is 1. The molecule has 0 bridgehead atoms. The van der Waals surface area contributed by atoms with Gasteiger partial charge in [-0.1, -0.05) is 6.92 Å². The Balaban J connectivity index is 1.70. The van der Waals surface area contributed by atoms with E-state index in [-0.39, 0.29) is 5.91 Å². The summed E-state index contributed by atoms with van der Waals surface area (Å²) in [6.07, 6.45) is 1.77. The van der Waals surface area contributed by atoms with Crippen LogP contribution in [0.4, 0.5) is 10.5 Å².